The van der Waals surface area contributed by atoms with Crippen LogP contribution in [-0.4, -0.2) is 26.9 Å². The van der Waals surface area contributed by atoms with Gasteiger partial charge in [0.2, 0.25) is 5.91 Å². The van der Waals surface area contributed by atoms with Crippen molar-refractivity contribution in [3.8, 4) is 0 Å². The Morgan fingerprint density at radius 2 is 1.81 bits per heavy atom. The molecule has 0 aliphatic carbocycles. The van der Waals surface area contributed by atoms with E-state index in [2.05, 4.69) is 31.1 Å². The van der Waals surface area contributed by atoms with Gasteiger partial charge in [0.25, 0.3) is 5.91 Å². The summed E-state index contributed by atoms with van der Waals surface area (Å²) in [5, 5.41) is 12.0. The predicted octanol–water partition coefficient (Wildman–Crippen LogP) is 2.73. The van der Waals surface area contributed by atoms with Crippen molar-refractivity contribution in [2.75, 3.05) is 16.0 Å². The molecule has 3 aromatic rings. The third-order valence-corrected chi connectivity index (χ3v) is 3.21. The van der Waals surface area contributed by atoms with Crippen LogP contribution < -0.4 is 16.0 Å². The molecule has 1 aromatic carbocycles. The largest absolute Gasteiger partial charge is 0.360 e. The highest BCUT2D eigenvalue weighted by Crippen LogP contribution is 2.18. The number of nitrogens with one attached hydrogen (secondary N) is 3. The van der Waals surface area contributed by atoms with Crippen molar-refractivity contribution in [1.29, 1.82) is 0 Å². The number of nitrogens with zero attached hydrogens (tertiary/aromatic N) is 3. The van der Waals surface area contributed by atoms with Crippen molar-refractivity contribution in [2.45, 2.75) is 13.8 Å². The lowest BCUT2D eigenvalue weighted by Gasteiger charge is -2.08. The van der Waals surface area contributed by atoms with Crippen LogP contribution in [0.2, 0.25) is 0 Å². The van der Waals surface area contributed by atoms with Crippen LogP contribution >= 0.6 is 0 Å². The van der Waals surface area contributed by atoms with E-state index < -0.39 is 5.91 Å². The molecule has 0 fully saturated rings. The van der Waals surface area contributed by atoms with Crippen LogP contribution in [0.15, 0.2) is 47.2 Å². The fraction of sp³-hybridized carbons (Fsp3) is 0.118. The van der Waals surface area contributed by atoms with Gasteiger partial charge in [-0.15, -0.1) is 0 Å². The van der Waals surface area contributed by atoms with E-state index >= 15 is 0 Å². The molecule has 0 radical (unpaired) electrons. The molecule has 0 unspecified atom stereocenters. The Morgan fingerprint density at radius 3 is 2.46 bits per heavy atom. The quantitative estimate of drug-likeness (QED) is 0.645. The zero-order chi connectivity index (χ0) is 18.5. The van der Waals surface area contributed by atoms with Crippen LogP contribution in [0.25, 0.3) is 0 Å². The van der Waals surface area contributed by atoms with Crippen molar-refractivity contribution in [1.82, 2.24) is 15.1 Å². The van der Waals surface area contributed by atoms with E-state index in [9.17, 15) is 9.59 Å². The normalized spacial score (nSPS) is 10.2. The number of benzene rings is 1. The van der Waals surface area contributed by atoms with Gasteiger partial charge in [-0.1, -0.05) is 11.2 Å². The van der Waals surface area contributed by atoms with Gasteiger partial charge >= 0.3 is 0 Å². The fourth-order valence-electron chi connectivity index (χ4n) is 2.14. The number of aryl methyl sites for hydroxylation is 1. The Kier molecular flexibility index (Phi) is 4.88. The number of anilines is 4. The molecule has 9 heteroatoms. The molecular weight excluding hydrogens is 336 g/mol. The minimum absolute atomic E-state index is 0.142. The molecule has 3 rings (SSSR count). The molecule has 0 bridgehead atoms. The summed E-state index contributed by atoms with van der Waals surface area (Å²) in [7, 11) is 0. The van der Waals surface area contributed by atoms with Gasteiger partial charge in [0.1, 0.15) is 17.3 Å². The molecule has 0 aliphatic heterocycles. The lowest BCUT2D eigenvalue weighted by atomic mass is 10.2. The number of rotatable bonds is 5. The van der Waals surface area contributed by atoms with Gasteiger partial charge in [-0.05, 0) is 25.1 Å². The van der Waals surface area contributed by atoms with Crippen LogP contribution in [-0.2, 0) is 4.79 Å². The zero-order valence-electron chi connectivity index (χ0n) is 14.1. The molecular formula is C17H16N6O3. The zero-order valence-corrected chi connectivity index (χ0v) is 14.1. The van der Waals surface area contributed by atoms with E-state index in [1.165, 1.54) is 19.3 Å². The van der Waals surface area contributed by atoms with Crippen molar-refractivity contribution >= 4 is 34.8 Å². The van der Waals surface area contributed by atoms with Crippen LogP contribution in [0.4, 0.5) is 23.0 Å². The third-order valence-electron chi connectivity index (χ3n) is 3.21. The molecule has 26 heavy (non-hydrogen) atoms. The second kappa shape index (κ2) is 7.43. The summed E-state index contributed by atoms with van der Waals surface area (Å²) < 4.78 is 4.88. The SMILES string of the molecule is CC(=O)Nc1cccc(Nc2cnc(C(=O)Nc3cc(C)on3)cn2)c1. The molecule has 132 valence electrons. The highest BCUT2D eigenvalue weighted by atomic mass is 16.5. The first-order valence-electron chi connectivity index (χ1n) is 7.71. The minimum Gasteiger partial charge on any atom is -0.360 e. The van der Waals surface area contributed by atoms with E-state index in [0.717, 1.165) is 5.69 Å². The first-order valence-corrected chi connectivity index (χ1v) is 7.71. The minimum atomic E-state index is -0.440. The van der Waals surface area contributed by atoms with Crippen molar-refractivity contribution in [2.24, 2.45) is 0 Å². The van der Waals surface area contributed by atoms with E-state index in [1.807, 2.05) is 6.07 Å². The van der Waals surface area contributed by atoms with Crippen molar-refractivity contribution in [3.05, 3.63) is 54.2 Å². The van der Waals surface area contributed by atoms with Crippen LogP contribution in [0.1, 0.15) is 23.2 Å². The van der Waals surface area contributed by atoms with Gasteiger partial charge in [-0.2, -0.15) is 0 Å². The number of hydrogen-bond donors (Lipinski definition) is 3. The molecule has 0 saturated carbocycles. The molecule has 0 aliphatic rings. The first-order chi connectivity index (χ1) is 12.5. The van der Waals surface area contributed by atoms with Crippen molar-refractivity contribution in [3.63, 3.8) is 0 Å². The van der Waals surface area contributed by atoms with Crippen LogP contribution in [0, 0.1) is 6.92 Å². The van der Waals surface area contributed by atoms with E-state index in [4.69, 9.17) is 4.52 Å². The second-order valence-corrected chi connectivity index (χ2v) is 5.45. The van der Waals surface area contributed by atoms with Gasteiger partial charge in [-0.25, -0.2) is 9.97 Å². The number of hydrogen-bond acceptors (Lipinski definition) is 7. The molecule has 9 nitrogen and oxygen atoms in total. The summed E-state index contributed by atoms with van der Waals surface area (Å²) >= 11 is 0. The number of aromatic nitrogens is 3. The summed E-state index contributed by atoms with van der Waals surface area (Å²) in [5.41, 5.74) is 1.53. The summed E-state index contributed by atoms with van der Waals surface area (Å²) in [4.78, 5) is 31.4. The maximum atomic E-state index is 12.1. The van der Waals surface area contributed by atoms with Gasteiger partial charge in [0, 0.05) is 24.4 Å². The van der Waals surface area contributed by atoms with E-state index in [0.29, 0.717) is 23.1 Å². The molecule has 2 aromatic heterocycles. The van der Waals surface area contributed by atoms with Crippen LogP contribution in [0.3, 0.4) is 0 Å². The summed E-state index contributed by atoms with van der Waals surface area (Å²) in [6.07, 6.45) is 2.79. The number of carbonyl (C=O) groups excluding carboxylic acids is 2. The molecule has 0 saturated heterocycles. The predicted molar refractivity (Wildman–Crippen MR) is 95.3 cm³/mol. The molecule has 0 spiro atoms. The smallest absolute Gasteiger partial charge is 0.277 e. The summed E-state index contributed by atoms with van der Waals surface area (Å²) in [6, 6.07) is 8.75. The summed E-state index contributed by atoms with van der Waals surface area (Å²) in [6.45, 7) is 3.17. The average Bonchev–Trinajstić information content (AvgIpc) is 3.00. The first kappa shape index (κ1) is 17.1. The standard InChI is InChI=1S/C17H16N6O3/c1-10-6-15(23-26-10)22-17(25)14-8-19-16(9-18-14)21-13-5-3-4-12(7-13)20-11(2)24/h3-9H,1-2H3,(H,19,21)(H,20,24)(H,22,23,25). The highest BCUT2D eigenvalue weighted by molar-refractivity contribution is 6.02. The van der Waals surface area contributed by atoms with Gasteiger partial charge < -0.3 is 20.5 Å². The van der Waals surface area contributed by atoms with E-state index in [-0.39, 0.29) is 11.6 Å². The van der Waals surface area contributed by atoms with Gasteiger partial charge in [-0.3, -0.25) is 9.59 Å². The average molecular weight is 352 g/mol. The fourth-order valence-corrected chi connectivity index (χ4v) is 2.14. The number of amides is 2. The Balaban J connectivity index is 1.66. The van der Waals surface area contributed by atoms with Gasteiger partial charge in [0.05, 0.1) is 12.4 Å². The maximum Gasteiger partial charge on any atom is 0.277 e. The molecule has 3 N–H and O–H groups in total. The molecule has 2 heterocycles. The van der Waals surface area contributed by atoms with Gasteiger partial charge in [0.15, 0.2) is 5.82 Å². The van der Waals surface area contributed by atoms with Crippen molar-refractivity contribution < 1.29 is 14.1 Å². The van der Waals surface area contributed by atoms with E-state index in [1.54, 1.807) is 31.2 Å². The van der Waals surface area contributed by atoms with Crippen LogP contribution in [0.5, 0.6) is 0 Å². The second-order valence-electron chi connectivity index (χ2n) is 5.45. The Hall–Kier alpha value is -3.75. The maximum absolute atomic E-state index is 12.1. The third kappa shape index (κ3) is 4.41. The summed E-state index contributed by atoms with van der Waals surface area (Å²) in [5.74, 6) is 0.766. The molecule has 2 amide bonds. The Morgan fingerprint density at radius 1 is 1.00 bits per heavy atom. The lowest BCUT2D eigenvalue weighted by Crippen LogP contribution is -2.14. The monoisotopic (exact) mass is 352 g/mol. The Bertz CT molecular complexity index is 936. The topological polar surface area (TPSA) is 122 Å². The molecule has 0 atom stereocenters. The number of carbonyl (C=O) groups is 2. The highest BCUT2D eigenvalue weighted by Gasteiger charge is 2.11. The Labute approximate surface area is 148 Å². The lowest BCUT2D eigenvalue weighted by molar-refractivity contribution is -0.114.